The van der Waals surface area contributed by atoms with Gasteiger partial charge in [0.1, 0.15) is 0 Å². The highest BCUT2D eigenvalue weighted by Gasteiger charge is 2.57. The molecule has 1 saturated carbocycles. The summed E-state index contributed by atoms with van der Waals surface area (Å²) < 4.78 is 5.01. The zero-order chi connectivity index (χ0) is 22.2. The molecule has 31 heavy (non-hydrogen) atoms. The molecule has 4 N–H and O–H groups in total. The van der Waals surface area contributed by atoms with Gasteiger partial charge in [-0.2, -0.15) is 5.10 Å². The number of aliphatic hydroxyl groups excluding tert-OH is 1. The first kappa shape index (κ1) is 21.1. The van der Waals surface area contributed by atoms with E-state index >= 15 is 0 Å². The lowest BCUT2D eigenvalue weighted by atomic mass is 9.72. The van der Waals surface area contributed by atoms with Crippen molar-refractivity contribution >= 4 is 17.8 Å². The van der Waals surface area contributed by atoms with Crippen molar-refractivity contribution in [3.05, 3.63) is 35.7 Å². The smallest absolute Gasteiger partial charge is 0.407 e. The summed E-state index contributed by atoms with van der Waals surface area (Å²) in [6.45, 7) is 1.99. The molecule has 2 aromatic heterocycles. The highest BCUT2D eigenvalue weighted by Crippen LogP contribution is 2.49. The van der Waals surface area contributed by atoms with Crippen LogP contribution in [-0.4, -0.2) is 67.6 Å². The normalized spacial score (nSPS) is 27.6. The summed E-state index contributed by atoms with van der Waals surface area (Å²) in [6.07, 6.45) is 2.59. The number of H-pyrrole nitrogens is 1. The van der Waals surface area contributed by atoms with Crippen molar-refractivity contribution < 1.29 is 24.5 Å². The van der Waals surface area contributed by atoms with Crippen LogP contribution in [0, 0.1) is 5.92 Å². The fraction of sp³-hybridized carbons (Fsp3) is 0.524. The number of aliphatic hydroxyl groups is 1. The second kappa shape index (κ2) is 8.18. The fourth-order valence-electron chi connectivity index (χ4n) is 4.81. The zero-order valence-corrected chi connectivity index (χ0v) is 17.5. The van der Waals surface area contributed by atoms with Gasteiger partial charge < -0.3 is 20.3 Å². The summed E-state index contributed by atoms with van der Waals surface area (Å²) in [5.41, 5.74) is 0.926. The van der Waals surface area contributed by atoms with E-state index in [0.29, 0.717) is 11.7 Å². The summed E-state index contributed by atoms with van der Waals surface area (Å²) in [5, 5.41) is 29.7. The van der Waals surface area contributed by atoms with E-state index in [0.717, 1.165) is 30.5 Å². The lowest BCUT2D eigenvalue weighted by Gasteiger charge is -2.56. The van der Waals surface area contributed by atoms with Gasteiger partial charge in [0.2, 0.25) is 11.8 Å². The van der Waals surface area contributed by atoms with Gasteiger partial charge in [0.05, 0.1) is 31.7 Å². The Labute approximate surface area is 179 Å². The van der Waals surface area contributed by atoms with Gasteiger partial charge in [0.25, 0.3) is 0 Å². The number of ether oxygens (including phenoxy) is 1. The van der Waals surface area contributed by atoms with Crippen LogP contribution in [0.1, 0.15) is 43.4 Å². The van der Waals surface area contributed by atoms with Crippen LogP contribution >= 0.6 is 0 Å². The highest BCUT2D eigenvalue weighted by molar-refractivity contribution is 5.91. The third-order valence-electron chi connectivity index (χ3n) is 6.78. The number of hydrogen-bond donors (Lipinski definition) is 4. The molecule has 1 aliphatic carbocycles. The van der Waals surface area contributed by atoms with Gasteiger partial charge in [-0.05, 0) is 37.7 Å². The van der Waals surface area contributed by atoms with E-state index < -0.39 is 17.7 Å². The second-order valence-electron chi connectivity index (χ2n) is 8.48. The van der Waals surface area contributed by atoms with E-state index in [1.807, 2.05) is 13.0 Å². The van der Waals surface area contributed by atoms with Crippen molar-refractivity contribution in [2.45, 2.75) is 50.2 Å². The Morgan fingerprint density at radius 2 is 2.19 bits per heavy atom. The average molecular weight is 429 g/mol. The maximum absolute atomic E-state index is 12.3. The van der Waals surface area contributed by atoms with Gasteiger partial charge in [-0.25, -0.2) is 9.78 Å². The summed E-state index contributed by atoms with van der Waals surface area (Å²) in [6, 6.07) is 5.32. The minimum absolute atomic E-state index is 0.0706. The Hall–Kier alpha value is -3.14. The fourth-order valence-corrected chi connectivity index (χ4v) is 4.81. The number of aromatic amines is 1. The van der Waals surface area contributed by atoms with Crippen molar-refractivity contribution in [2.24, 2.45) is 5.92 Å². The van der Waals surface area contributed by atoms with E-state index in [1.165, 1.54) is 12.0 Å². The van der Waals surface area contributed by atoms with E-state index in [-0.39, 0.29) is 30.7 Å². The molecular formula is C21H27N5O5. The number of methoxy groups -OCH3 is 1. The number of carbonyl (C=O) groups is 2. The first-order chi connectivity index (χ1) is 14.8. The molecule has 10 nitrogen and oxygen atoms in total. The summed E-state index contributed by atoms with van der Waals surface area (Å²) in [7, 11) is 1.53. The molecule has 0 radical (unpaired) electrons. The van der Waals surface area contributed by atoms with Gasteiger partial charge >= 0.3 is 6.09 Å². The quantitative estimate of drug-likeness (QED) is 0.550. The Bertz CT molecular complexity index is 961. The van der Waals surface area contributed by atoms with Gasteiger partial charge in [-0.15, -0.1) is 0 Å². The minimum Gasteiger partial charge on any atom is -0.481 e. The van der Waals surface area contributed by atoms with Crippen molar-refractivity contribution in [3.8, 4) is 5.88 Å². The molecule has 2 aromatic rings. The molecule has 3 heterocycles. The van der Waals surface area contributed by atoms with E-state index in [4.69, 9.17) is 4.74 Å². The molecule has 2 fully saturated rings. The number of pyridine rings is 1. The molecule has 2 aliphatic rings. The van der Waals surface area contributed by atoms with E-state index in [1.54, 1.807) is 18.3 Å². The van der Waals surface area contributed by atoms with Gasteiger partial charge in [0, 0.05) is 29.9 Å². The lowest BCUT2D eigenvalue weighted by Crippen LogP contribution is -2.73. The van der Waals surface area contributed by atoms with Crippen LogP contribution in [0.2, 0.25) is 0 Å². The summed E-state index contributed by atoms with van der Waals surface area (Å²) in [4.78, 5) is 29.2. The summed E-state index contributed by atoms with van der Waals surface area (Å²) in [5.74, 6) is 0.990. The van der Waals surface area contributed by atoms with Gasteiger partial charge in [0.15, 0.2) is 5.82 Å². The van der Waals surface area contributed by atoms with E-state index in [9.17, 15) is 19.8 Å². The number of nitrogens with one attached hydrogen (secondary N) is 2. The Morgan fingerprint density at radius 3 is 2.84 bits per heavy atom. The van der Waals surface area contributed by atoms with Crippen LogP contribution in [0.15, 0.2) is 24.4 Å². The molecule has 0 unspecified atom stereocenters. The standard InChI is InChI=1S/C21H27N5O5/c1-21(16(27)11-26(21)20(29)30)14-5-4-13(8-14)15-9-17(25-24-15)23-18(28)7-12-3-6-19(31-2)22-10-12/h3,6,9-10,13-14,16,27H,4-5,7-8,11H2,1-2H3,(H,29,30)(H2,23,24,25,28)/t13-,14+,16+,21-/m0/s1. The number of carbonyl (C=O) groups excluding carboxylic acids is 1. The predicted octanol–water partition coefficient (Wildman–Crippen LogP) is 1.99. The Morgan fingerprint density at radius 1 is 1.39 bits per heavy atom. The number of carboxylic acid groups (broad SMARTS) is 1. The number of hydrogen-bond acceptors (Lipinski definition) is 6. The molecule has 10 heteroatoms. The Balaban J connectivity index is 1.34. The lowest BCUT2D eigenvalue weighted by molar-refractivity contribution is -0.136. The van der Waals surface area contributed by atoms with Crippen LogP contribution in [0.4, 0.5) is 10.6 Å². The number of anilines is 1. The largest absolute Gasteiger partial charge is 0.481 e. The molecular weight excluding hydrogens is 402 g/mol. The monoisotopic (exact) mass is 429 g/mol. The van der Waals surface area contributed by atoms with Crippen LogP contribution in [0.25, 0.3) is 0 Å². The topological polar surface area (TPSA) is 141 Å². The van der Waals surface area contributed by atoms with Crippen molar-refractivity contribution in [2.75, 3.05) is 19.0 Å². The van der Waals surface area contributed by atoms with E-state index in [2.05, 4.69) is 20.5 Å². The van der Waals surface area contributed by atoms with Crippen LogP contribution in [0.3, 0.4) is 0 Å². The molecule has 0 aromatic carbocycles. The molecule has 4 atom stereocenters. The van der Waals surface area contributed by atoms with Crippen molar-refractivity contribution in [3.63, 3.8) is 0 Å². The van der Waals surface area contributed by atoms with Gasteiger partial charge in [-0.1, -0.05) is 6.07 Å². The SMILES string of the molecule is COc1ccc(CC(=O)Nc2cc([C@H]3CC[C@@H]([C@@]4(C)[C@H](O)CN4C(=O)O)C3)[nH]n2)cn1. The molecule has 0 bridgehead atoms. The number of aromatic nitrogens is 3. The third-order valence-corrected chi connectivity index (χ3v) is 6.78. The van der Waals surface area contributed by atoms with Crippen LogP contribution in [-0.2, 0) is 11.2 Å². The maximum Gasteiger partial charge on any atom is 0.407 e. The molecule has 1 aliphatic heterocycles. The first-order valence-corrected chi connectivity index (χ1v) is 10.3. The minimum atomic E-state index is -0.991. The first-order valence-electron chi connectivity index (χ1n) is 10.3. The highest BCUT2D eigenvalue weighted by atomic mass is 16.5. The predicted molar refractivity (Wildman–Crippen MR) is 111 cm³/mol. The van der Waals surface area contributed by atoms with Gasteiger partial charge in [-0.3, -0.25) is 14.8 Å². The van der Waals surface area contributed by atoms with Crippen molar-refractivity contribution in [1.82, 2.24) is 20.1 Å². The number of rotatable bonds is 6. The van der Waals surface area contributed by atoms with Crippen LogP contribution < -0.4 is 10.1 Å². The Kier molecular flexibility index (Phi) is 5.57. The second-order valence-corrected chi connectivity index (χ2v) is 8.48. The van der Waals surface area contributed by atoms with Crippen LogP contribution in [0.5, 0.6) is 5.88 Å². The molecule has 1 saturated heterocycles. The average Bonchev–Trinajstić information content (AvgIpc) is 3.41. The van der Waals surface area contributed by atoms with Crippen molar-refractivity contribution in [1.29, 1.82) is 0 Å². The summed E-state index contributed by atoms with van der Waals surface area (Å²) >= 11 is 0. The number of amides is 2. The molecule has 2 amide bonds. The molecule has 0 spiro atoms. The number of likely N-dealkylation sites (tertiary alicyclic amines) is 1. The molecule has 4 rings (SSSR count). The third kappa shape index (κ3) is 3.95. The maximum atomic E-state index is 12.3. The molecule has 166 valence electrons. The number of β-amino-alcohol motifs (C(OH)–C–C–N with tert-alkyl or cyclic N) is 1. The zero-order valence-electron chi connectivity index (χ0n) is 17.5. The number of nitrogens with zero attached hydrogens (tertiary/aromatic N) is 3.